The van der Waals surface area contributed by atoms with Gasteiger partial charge in [-0.2, -0.15) is 5.10 Å². The first kappa shape index (κ1) is 16.0. The van der Waals surface area contributed by atoms with Gasteiger partial charge in [0.05, 0.1) is 17.7 Å². The molecule has 0 aromatic carbocycles. The molecule has 0 spiro atoms. The van der Waals surface area contributed by atoms with Gasteiger partial charge in [-0.1, -0.05) is 0 Å². The maximum atomic E-state index is 14.7. The van der Waals surface area contributed by atoms with E-state index in [1.807, 2.05) is 33.9 Å². The van der Waals surface area contributed by atoms with Gasteiger partial charge < -0.3 is 14.0 Å². The summed E-state index contributed by atoms with van der Waals surface area (Å²) in [6.07, 6.45) is 4.35. The van der Waals surface area contributed by atoms with Crippen molar-refractivity contribution in [1.29, 1.82) is 0 Å². The summed E-state index contributed by atoms with van der Waals surface area (Å²) >= 11 is 0. The normalized spacial score (nSPS) is 26.3. The van der Waals surface area contributed by atoms with E-state index in [2.05, 4.69) is 5.10 Å². The molecule has 22 heavy (non-hydrogen) atoms. The summed E-state index contributed by atoms with van der Waals surface area (Å²) in [5, 5.41) is 4.27. The summed E-state index contributed by atoms with van der Waals surface area (Å²) in [4.78, 5) is 0. The second-order valence-electron chi connectivity index (χ2n) is 7.32. The fraction of sp³-hybridized carbons (Fsp3) is 0.800. The third kappa shape index (κ3) is 2.94. The van der Waals surface area contributed by atoms with Crippen molar-refractivity contribution in [3.63, 3.8) is 0 Å². The van der Waals surface area contributed by atoms with Crippen LogP contribution in [0.25, 0.3) is 0 Å². The average molecular weight is 310 g/mol. The number of hydrogen-bond donors (Lipinski definition) is 0. The zero-order chi connectivity index (χ0) is 16.0. The minimum Gasteiger partial charge on any atom is -0.399 e. The molecule has 2 aliphatic rings. The molecule has 5 nitrogen and oxygen atoms in total. The van der Waals surface area contributed by atoms with Crippen molar-refractivity contribution in [2.75, 3.05) is 13.2 Å². The molecule has 3 heterocycles. The SMILES string of the molecule is CC1(C)OB(c2cnn(CC3(F)CCOCC3)c2)OC1(C)C. The lowest BCUT2D eigenvalue weighted by Gasteiger charge is -2.32. The second-order valence-corrected chi connectivity index (χ2v) is 7.32. The molecule has 0 saturated carbocycles. The Morgan fingerprint density at radius 2 is 1.77 bits per heavy atom. The number of halogens is 1. The molecule has 2 fully saturated rings. The molecule has 1 aromatic heterocycles. The summed E-state index contributed by atoms with van der Waals surface area (Å²) in [6, 6.07) is 0. The molecule has 3 rings (SSSR count). The van der Waals surface area contributed by atoms with Crippen LogP contribution in [-0.4, -0.2) is 47.0 Å². The Morgan fingerprint density at radius 1 is 1.18 bits per heavy atom. The van der Waals surface area contributed by atoms with E-state index in [0.29, 0.717) is 26.1 Å². The minimum atomic E-state index is -1.24. The predicted molar refractivity (Wildman–Crippen MR) is 81.8 cm³/mol. The van der Waals surface area contributed by atoms with Crippen LogP contribution in [0.5, 0.6) is 0 Å². The van der Waals surface area contributed by atoms with E-state index in [0.717, 1.165) is 5.46 Å². The number of alkyl halides is 1. The van der Waals surface area contributed by atoms with Gasteiger partial charge >= 0.3 is 7.12 Å². The van der Waals surface area contributed by atoms with Gasteiger partial charge in [0.25, 0.3) is 0 Å². The Labute approximate surface area is 131 Å². The number of ether oxygens (including phenoxy) is 1. The van der Waals surface area contributed by atoms with Gasteiger partial charge in [-0.05, 0) is 27.7 Å². The van der Waals surface area contributed by atoms with Gasteiger partial charge in [0.15, 0.2) is 0 Å². The summed E-state index contributed by atoms with van der Waals surface area (Å²) in [6.45, 7) is 9.23. The molecule has 2 aliphatic heterocycles. The Morgan fingerprint density at radius 3 is 2.36 bits per heavy atom. The smallest absolute Gasteiger partial charge is 0.399 e. The van der Waals surface area contributed by atoms with Crippen molar-refractivity contribution in [2.45, 2.75) is 64.0 Å². The van der Waals surface area contributed by atoms with Gasteiger partial charge in [-0.15, -0.1) is 0 Å². The molecule has 0 atom stereocenters. The van der Waals surface area contributed by atoms with Crippen LogP contribution in [0.3, 0.4) is 0 Å². The number of nitrogens with zero attached hydrogens (tertiary/aromatic N) is 2. The third-order valence-electron chi connectivity index (χ3n) is 5.01. The van der Waals surface area contributed by atoms with Crippen molar-refractivity contribution in [1.82, 2.24) is 9.78 Å². The molecule has 0 amide bonds. The summed E-state index contributed by atoms with van der Waals surface area (Å²) < 4.78 is 33.5. The van der Waals surface area contributed by atoms with Gasteiger partial charge in [-0.3, -0.25) is 4.68 Å². The number of aromatic nitrogens is 2. The summed E-state index contributed by atoms with van der Waals surface area (Å²) in [5.41, 5.74) is -1.18. The van der Waals surface area contributed by atoms with Gasteiger partial charge in [0.2, 0.25) is 0 Å². The maximum Gasteiger partial charge on any atom is 0.498 e. The highest BCUT2D eigenvalue weighted by molar-refractivity contribution is 6.61. The maximum absolute atomic E-state index is 14.7. The molecular weight excluding hydrogens is 286 g/mol. The van der Waals surface area contributed by atoms with Crippen LogP contribution in [0.15, 0.2) is 12.4 Å². The largest absolute Gasteiger partial charge is 0.498 e. The molecule has 0 N–H and O–H groups in total. The molecule has 7 heteroatoms. The monoisotopic (exact) mass is 310 g/mol. The fourth-order valence-electron chi connectivity index (χ4n) is 2.75. The highest BCUT2D eigenvalue weighted by Crippen LogP contribution is 2.36. The molecule has 0 bridgehead atoms. The lowest BCUT2D eigenvalue weighted by atomic mass is 9.82. The first-order chi connectivity index (χ1) is 10.2. The molecule has 0 radical (unpaired) electrons. The van der Waals surface area contributed by atoms with Gasteiger partial charge in [-0.25, -0.2) is 4.39 Å². The first-order valence-electron chi connectivity index (χ1n) is 7.86. The van der Waals surface area contributed by atoms with Gasteiger partial charge in [0.1, 0.15) is 5.67 Å². The molecule has 0 unspecified atom stereocenters. The Bertz CT molecular complexity index is 525. The average Bonchev–Trinajstić information content (AvgIpc) is 2.93. The lowest BCUT2D eigenvalue weighted by molar-refractivity contribution is -0.0194. The van der Waals surface area contributed by atoms with Crippen molar-refractivity contribution in [2.24, 2.45) is 0 Å². The van der Waals surface area contributed by atoms with E-state index in [1.165, 1.54) is 0 Å². The van der Waals surface area contributed by atoms with Crippen molar-refractivity contribution < 1.29 is 18.4 Å². The van der Waals surface area contributed by atoms with Crippen molar-refractivity contribution >= 4 is 12.6 Å². The molecule has 0 aliphatic carbocycles. The Balaban J connectivity index is 1.70. The number of hydrogen-bond acceptors (Lipinski definition) is 4. The first-order valence-corrected chi connectivity index (χ1v) is 7.86. The highest BCUT2D eigenvalue weighted by atomic mass is 19.1. The van der Waals surface area contributed by atoms with E-state index in [9.17, 15) is 4.39 Å². The highest BCUT2D eigenvalue weighted by Gasteiger charge is 2.52. The zero-order valence-electron chi connectivity index (χ0n) is 13.8. The van der Waals surface area contributed by atoms with Crippen LogP contribution in [0.1, 0.15) is 40.5 Å². The van der Waals surface area contributed by atoms with E-state index >= 15 is 0 Å². The van der Waals surface area contributed by atoms with Crippen molar-refractivity contribution in [3.8, 4) is 0 Å². The third-order valence-corrected chi connectivity index (χ3v) is 5.01. The van der Waals surface area contributed by atoms with Crippen LogP contribution >= 0.6 is 0 Å². The van der Waals surface area contributed by atoms with Crippen LogP contribution in [0.2, 0.25) is 0 Å². The summed E-state index contributed by atoms with van der Waals surface area (Å²) in [5.74, 6) is 0. The Kier molecular flexibility index (Phi) is 3.86. The van der Waals surface area contributed by atoms with E-state index in [1.54, 1.807) is 10.9 Å². The fourth-order valence-corrected chi connectivity index (χ4v) is 2.75. The van der Waals surface area contributed by atoms with Crippen molar-refractivity contribution in [3.05, 3.63) is 12.4 Å². The van der Waals surface area contributed by atoms with Crippen LogP contribution in [0, 0.1) is 0 Å². The molecule has 122 valence electrons. The zero-order valence-corrected chi connectivity index (χ0v) is 13.8. The Hall–Kier alpha value is -0.915. The predicted octanol–water partition coefficient (Wildman–Crippen LogP) is 1.70. The number of rotatable bonds is 3. The van der Waals surface area contributed by atoms with E-state index < -0.39 is 12.8 Å². The van der Waals surface area contributed by atoms with Crippen LogP contribution in [-0.2, 0) is 20.6 Å². The van der Waals surface area contributed by atoms with Crippen LogP contribution in [0.4, 0.5) is 4.39 Å². The topological polar surface area (TPSA) is 45.5 Å². The van der Waals surface area contributed by atoms with E-state index in [4.69, 9.17) is 14.0 Å². The molecule has 1 aromatic rings. The van der Waals surface area contributed by atoms with Gasteiger partial charge in [0, 0.05) is 43.9 Å². The lowest BCUT2D eigenvalue weighted by Crippen LogP contribution is -2.41. The summed E-state index contributed by atoms with van der Waals surface area (Å²) in [7, 11) is -0.455. The quantitative estimate of drug-likeness (QED) is 0.797. The van der Waals surface area contributed by atoms with Crippen LogP contribution < -0.4 is 5.46 Å². The molecule has 2 saturated heterocycles. The van der Waals surface area contributed by atoms with E-state index in [-0.39, 0.29) is 17.7 Å². The standard InChI is InChI=1S/C15H24BFN2O3/c1-13(2)14(3,4)22-16(21-13)12-9-18-19(10-12)11-15(17)5-7-20-8-6-15/h9-10H,5-8,11H2,1-4H3. The second kappa shape index (κ2) is 5.32. The molecular formula is C15H24BFN2O3. The minimum absolute atomic E-state index is 0.246.